The van der Waals surface area contributed by atoms with Crippen molar-refractivity contribution in [1.82, 2.24) is 19.9 Å². The number of nitrogens with one attached hydrogen (secondary N) is 2. The number of carbonyl (C=O) groups is 2. The molecule has 2 N–H and O–H groups in total. The second-order valence-corrected chi connectivity index (χ2v) is 6.15. The monoisotopic (exact) mass is 447 g/mol. The van der Waals surface area contributed by atoms with Crippen molar-refractivity contribution in [2.75, 3.05) is 5.32 Å². The van der Waals surface area contributed by atoms with Crippen molar-refractivity contribution < 1.29 is 40.7 Å². The van der Waals surface area contributed by atoms with Crippen LogP contribution in [0.25, 0.3) is 11.2 Å². The molecule has 0 saturated carbocycles. The van der Waals surface area contributed by atoms with Crippen LogP contribution < -0.4 is 5.32 Å². The van der Waals surface area contributed by atoms with E-state index in [4.69, 9.17) is 4.74 Å². The number of ether oxygens (including phenoxy) is 1. The van der Waals surface area contributed by atoms with Crippen LogP contribution in [-0.4, -0.2) is 37.9 Å². The first-order valence-corrected chi connectivity index (χ1v) is 8.31. The van der Waals surface area contributed by atoms with Crippen molar-refractivity contribution in [1.29, 1.82) is 0 Å². The van der Waals surface area contributed by atoms with Gasteiger partial charge in [0.25, 0.3) is 5.91 Å². The van der Waals surface area contributed by atoms with Gasteiger partial charge in [0.05, 0.1) is 23.0 Å². The van der Waals surface area contributed by atoms with E-state index in [1.54, 1.807) is 0 Å². The van der Waals surface area contributed by atoms with E-state index in [9.17, 15) is 35.9 Å². The highest BCUT2D eigenvalue weighted by Gasteiger charge is 2.38. The predicted octanol–water partition coefficient (Wildman–Crippen LogP) is 3.57. The van der Waals surface area contributed by atoms with Gasteiger partial charge in [0.2, 0.25) is 0 Å². The van der Waals surface area contributed by atoms with Gasteiger partial charge in [-0.3, -0.25) is 4.79 Å². The van der Waals surface area contributed by atoms with Crippen molar-refractivity contribution in [3.8, 4) is 0 Å². The number of aromatic amines is 1. The predicted molar refractivity (Wildman–Crippen MR) is 91.6 cm³/mol. The quantitative estimate of drug-likeness (QED) is 0.468. The summed E-state index contributed by atoms with van der Waals surface area (Å²) in [5.74, 6) is -2.51. The molecule has 3 rings (SSSR count). The molecule has 2 aromatic heterocycles. The average Bonchev–Trinajstić information content (AvgIpc) is 3.16. The molecule has 3 aromatic rings. The molecular weight excluding hydrogens is 436 g/mol. The molecule has 8 nitrogen and oxygen atoms in total. The smallest absolute Gasteiger partial charge is 0.416 e. The Morgan fingerprint density at radius 3 is 2.19 bits per heavy atom. The fourth-order valence-electron chi connectivity index (χ4n) is 2.43. The Balaban J connectivity index is 1.80. The zero-order chi connectivity index (χ0) is 23.0. The van der Waals surface area contributed by atoms with Gasteiger partial charge in [-0.25, -0.2) is 19.7 Å². The highest BCUT2D eigenvalue weighted by molar-refractivity contribution is 6.00. The summed E-state index contributed by atoms with van der Waals surface area (Å²) in [7, 11) is 0. The number of fused-ring (bicyclic) bond motifs is 1. The normalized spacial score (nSPS) is 13.1. The summed E-state index contributed by atoms with van der Waals surface area (Å²) in [4.78, 5) is 38.6. The topological polar surface area (TPSA) is 110 Å². The SMILES string of the molecule is C[C@H](OC(=O)c1cc(C(F)(F)F)cc(C(F)(F)F)c1)C(=O)Nc1ncnc2nc[nH]c12. The number of H-pyrrole nitrogens is 1. The lowest BCUT2D eigenvalue weighted by Gasteiger charge is -2.16. The second kappa shape index (κ2) is 7.85. The van der Waals surface area contributed by atoms with Gasteiger partial charge in [0, 0.05) is 0 Å². The molecule has 31 heavy (non-hydrogen) atoms. The molecule has 0 unspecified atom stereocenters. The second-order valence-electron chi connectivity index (χ2n) is 6.15. The van der Waals surface area contributed by atoms with Crippen molar-refractivity contribution in [3.05, 3.63) is 47.5 Å². The van der Waals surface area contributed by atoms with E-state index in [0.717, 1.165) is 13.3 Å². The number of rotatable bonds is 4. The number of hydrogen-bond acceptors (Lipinski definition) is 6. The van der Waals surface area contributed by atoms with E-state index in [1.807, 2.05) is 0 Å². The van der Waals surface area contributed by atoms with Crippen LogP contribution >= 0.6 is 0 Å². The zero-order valence-corrected chi connectivity index (χ0v) is 15.3. The number of aromatic nitrogens is 4. The van der Waals surface area contributed by atoms with Crippen molar-refractivity contribution >= 4 is 28.9 Å². The Kier molecular flexibility index (Phi) is 5.57. The fourth-order valence-corrected chi connectivity index (χ4v) is 2.43. The maximum atomic E-state index is 12.9. The number of alkyl halides is 6. The van der Waals surface area contributed by atoms with E-state index in [-0.39, 0.29) is 35.2 Å². The lowest BCUT2D eigenvalue weighted by molar-refractivity contribution is -0.143. The number of nitrogens with zero attached hydrogens (tertiary/aromatic N) is 3. The lowest BCUT2D eigenvalue weighted by atomic mass is 10.0. The van der Waals surface area contributed by atoms with E-state index < -0.39 is 47.0 Å². The number of imidazole rings is 1. The summed E-state index contributed by atoms with van der Waals surface area (Å²) in [5.41, 5.74) is -3.91. The Morgan fingerprint density at radius 1 is 1.00 bits per heavy atom. The molecular formula is C17H11F6N5O3. The molecule has 2 heterocycles. The Morgan fingerprint density at radius 2 is 1.61 bits per heavy atom. The first-order valence-electron chi connectivity index (χ1n) is 8.31. The van der Waals surface area contributed by atoms with Gasteiger partial charge in [-0.05, 0) is 25.1 Å². The summed E-state index contributed by atoms with van der Waals surface area (Å²) in [6, 6.07) is 0.291. The van der Waals surface area contributed by atoms with Crippen molar-refractivity contribution in [3.63, 3.8) is 0 Å². The molecule has 0 bridgehead atoms. The largest absolute Gasteiger partial charge is 0.449 e. The maximum absolute atomic E-state index is 12.9. The van der Waals surface area contributed by atoms with Crippen LogP contribution in [0.1, 0.15) is 28.4 Å². The van der Waals surface area contributed by atoms with Gasteiger partial charge < -0.3 is 15.0 Å². The van der Waals surface area contributed by atoms with E-state index >= 15 is 0 Å². The van der Waals surface area contributed by atoms with E-state index in [2.05, 4.69) is 25.3 Å². The molecule has 1 atom stereocenters. The van der Waals surface area contributed by atoms with Crippen molar-refractivity contribution in [2.45, 2.75) is 25.4 Å². The van der Waals surface area contributed by atoms with Crippen LogP contribution in [0.2, 0.25) is 0 Å². The van der Waals surface area contributed by atoms with Crippen LogP contribution in [0.3, 0.4) is 0 Å². The zero-order valence-electron chi connectivity index (χ0n) is 15.3. The summed E-state index contributed by atoms with van der Waals surface area (Å²) < 4.78 is 82.3. The number of amides is 1. The first kappa shape index (κ1) is 22.0. The number of esters is 1. The highest BCUT2D eigenvalue weighted by Crippen LogP contribution is 2.36. The lowest BCUT2D eigenvalue weighted by Crippen LogP contribution is -2.30. The molecule has 0 fully saturated rings. The molecule has 14 heteroatoms. The third kappa shape index (κ3) is 4.90. The Labute approximate surface area is 168 Å². The summed E-state index contributed by atoms with van der Waals surface area (Å²) in [6.45, 7) is 1.08. The summed E-state index contributed by atoms with van der Waals surface area (Å²) in [6.07, 6.45) is -9.48. The number of benzene rings is 1. The highest BCUT2D eigenvalue weighted by atomic mass is 19.4. The number of hydrogen-bond donors (Lipinski definition) is 2. The van der Waals surface area contributed by atoms with Gasteiger partial charge in [-0.15, -0.1) is 0 Å². The fraction of sp³-hybridized carbons (Fsp3) is 0.235. The third-order valence-electron chi connectivity index (χ3n) is 3.94. The minimum atomic E-state index is -5.14. The van der Waals surface area contributed by atoms with Crippen molar-refractivity contribution in [2.24, 2.45) is 0 Å². The minimum Gasteiger partial charge on any atom is -0.449 e. The van der Waals surface area contributed by atoms with Crippen LogP contribution in [0.15, 0.2) is 30.9 Å². The van der Waals surface area contributed by atoms with Crippen LogP contribution in [0, 0.1) is 0 Å². The average molecular weight is 447 g/mol. The van der Waals surface area contributed by atoms with Crippen LogP contribution in [-0.2, 0) is 21.9 Å². The van der Waals surface area contributed by atoms with Gasteiger partial charge in [0.1, 0.15) is 11.8 Å². The third-order valence-corrected chi connectivity index (χ3v) is 3.94. The molecule has 0 radical (unpaired) electrons. The Bertz CT molecular complexity index is 1110. The molecule has 164 valence electrons. The number of halogens is 6. The molecule has 1 amide bonds. The van der Waals surface area contributed by atoms with Gasteiger partial charge >= 0.3 is 18.3 Å². The first-order chi connectivity index (χ1) is 14.4. The van der Waals surface area contributed by atoms with Gasteiger partial charge in [-0.1, -0.05) is 0 Å². The maximum Gasteiger partial charge on any atom is 0.416 e. The van der Waals surface area contributed by atoms with E-state index in [0.29, 0.717) is 0 Å². The van der Waals surface area contributed by atoms with E-state index in [1.165, 1.54) is 6.33 Å². The summed E-state index contributed by atoms with van der Waals surface area (Å²) in [5, 5.41) is 2.30. The van der Waals surface area contributed by atoms with Gasteiger partial charge in [0.15, 0.2) is 17.6 Å². The molecule has 0 spiro atoms. The standard InChI is InChI=1S/C17H11F6N5O3/c1-7(14(29)28-13-11-12(25-5-24-11)26-6-27-13)31-15(30)8-2-9(16(18,19)20)4-10(3-8)17(21,22)23/h2-7H,1H3,(H2,24,25,26,27,28,29)/t7-/m0/s1. The molecule has 0 aliphatic rings. The molecule has 0 saturated heterocycles. The van der Waals surface area contributed by atoms with Crippen LogP contribution in [0.4, 0.5) is 32.2 Å². The summed E-state index contributed by atoms with van der Waals surface area (Å²) >= 11 is 0. The minimum absolute atomic E-state index is 0.0196. The molecule has 0 aliphatic heterocycles. The number of anilines is 1. The Hall–Kier alpha value is -3.71. The van der Waals surface area contributed by atoms with Gasteiger partial charge in [-0.2, -0.15) is 26.3 Å². The number of carbonyl (C=O) groups excluding carboxylic acids is 2. The molecule has 0 aliphatic carbocycles. The van der Waals surface area contributed by atoms with Crippen LogP contribution in [0.5, 0.6) is 0 Å². The molecule has 1 aromatic carbocycles.